The van der Waals surface area contributed by atoms with Crippen LogP contribution >= 0.6 is 0 Å². The second kappa shape index (κ2) is 10.3. The minimum absolute atomic E-state index is 0.000813. The first-order valence-electron chi connectivity index (χ1n) is 12.1. The summed E-state index contributed by atoms with van der Waals surface area (Å²) in [7, 11) is 0. The minimum atomic E-state index is -0.367. The van der Waals surface area contributed by atoms with Crippen LogP contribution in [0, 0.1) is 5.92 Å². The van der Waals surface area contributed by atoms with Gasteiger partial charge in [-0.05, 0) is 30.4 Å². The Morgan fingerprint density at radius 1 is 0.781 bits per heavy atom. The van der Waals surface area contributed by atoms with Gasteiger partial charge in [0.25, 0.3) is 0 Å². The van der Waals surface area contributed by atoms with E-state index in [0.717, 1.165) is 19.3 Å². The molecule has 1 saturated heterocycles. The van der Waals surface area contributed by atoms with Gasteiger partial charge in [0.15, 0.2) is 5.79 Å². The minimum Gasteiger partial charge on any atom is -0.369 e. The lowest BCUT2D eigenvalue weighted by atomic mass is 9.85. The molecular weight excluding hydrogens is 400 g/mol. The molecule has 0 aromatic heterocycles. The molecule has 0 amide bonds. The summed E-state index contributed by atoms with van der Waals surface area (Å²) in [5.41, 5.74) is 2.39. The number of hydrogen-bond donors (Lipinski definition) is 0. The molecule has 2 aromatic rings. The van der Waals surface area contributed by atoms with E-state index in [2.05, 4.69) is 60.7 Å². The number of rotatable bonds is 7. The normalized spacial score (nSPS) is 29.4. The summed E-state index contributed by atoms with van der Waals surface area (Å²) in [6.07, 6.45) is 11.0. The summed E-state index contributed by atoms with van der Waals surface area (Å²) in [6, 6.07) is 20.7. The van der Waals surface area contributed by atoms with Gasteiger partial charge in [-0.25, -0.2) is 0 Å². The van der Waals surface area contributed by atoms with Crippen LogP contribution in [0.5, 0.6) is 0 Å². The van der Waals surface area contributed by atoms with Crippen LogP contribution in [0.25, 0.3) is 0 Å². The lowest BCUT2D eigenvalue weighted by molar-refractivity contribution is -0.197. The summed E-state index contributed by atoms with van der Waals surface area (Å²) in [6.45, 7) is 1.86. The fraction of sp³-hybridized carbons (Fsp3) is 0.500. The first-order valence-corrected chi connectivity index (χ1v) is 12.1. The summed E-state index contributed by atoms with van der Waals surface area (Å²) in [5, 5.41) is 0. The van der Waals surface area contributed by atoms with Gasteiger partial charge in [-0.3, -0.25) is 0 Å². The predicted octanol–water partition coefficient (Wildman–Crippen LogP) is 5.81. The van der Waals surface area contributed by atoms with Crippen molar-refractivity contribution in [3.05, 3.63) is 83.9 Å². The summed E-state index contributed by atoms with van der Waals surface area (Å²) >= 11 is 0. The molecule has 0 bridgehead atoms. The third-order valence-electron chi connectivity index (χ3n) is 7.00. The molecule has 170 valence electrons. The first-order chi connectivity index (χ1) is 15.8. The van der Waals surface area contributed by atoms with Gasteiger partial charge in [0.1, 0.15) is 0 Å². The predicted molar refractivity (Wildman–Crippen MR) is 124 cm³/mol. The maximum absolute atomic E-state index is 6.63. The molecule has 1 spiro atoms. The zero-order valence-electron chi connectivity index (χ0n) is 18.7. The molecule has 4 heteroatoms. The first kappa shape index (κ1) is 21.8. The standard InChI is InChI=1S/C28H34O4/c1-4-10-22(11-5-1)19-29-24-14-15-26(30-20-23-12-6-2-7-13-23)25(18-24)27-21-31-28(32-27)16-8-3-9-17-28/h1-2,4-7,10-15,24-27H,3,8-9,16-21H2/t24-,25-,26+,27-/m1/s1. The zero-order chi connectivity index (χ0) is 21.6. The summed E-state index contributed by atoms with van der Waals surface area (Å²) in [5.74, 6) is -0.153. The molecule has 2 aromatic carbocycles. The molecule has 1 aliphatic heterocycles. The molecule has 2 fully saturated rings. The molecule has 2 aliphatic carbocycles. The van der Waals surface area contributed by atoms with Crippen molar-refractivity contribution in [2.75, 3.05) is 6.61 Å². The maximum atomic E-state index is 6.63. The van der Waals surface area contributed by atoms with E-state index in [1.807, 2.05) is 12.1 Å². The van der Waals surface area contributed by atoms with Crippen LogP contribution in [-0.4, -0.2) is 30.7 Å². The van der Waals surface area contributed by atoms with Crippen molar-refractivity contribution in [1.29, 1.82) is 0 Å². The van der Waals surface area contributed by atoms with Crippen LogP contribution in [0.4, 0.5) is 0 Å². The Morgan fingerprint density at radius 2 is 1.44 bits per heavy atom. The quantitative estimate of drug-likeness (QED) is 0.516. The van der Waals surface area contributed by atoms with E-state index in [0.29, 0.717) is 19.8 Å². The second-order valence-corrected chi connectivity index (χ2v) is 9.32. The molecule has 0 radical (unpaired) electrons. The van der Waals surface area contributed by atoms with Crippen molar-refractivity contribution in [3.63, 3.8) is 0 Å². The highest BCUT2D eigenvalue weighted by molar-refractivity contribution is 5.15. The average molecular weight is 435 g/mol. The van der Waals surface area contributed by atoms with E-state index >= 15 is 0 Å². The van der Waals surface area contributed by atoms with Gasteiger partial charge in [-0.2, -0.15) is 0 Å². The molecular formula is C28H34O4. The van der Waals surface area contributed by atoms with Crippen molar-refractivity contribution in [3.8, 4) is 0 Å². The topological polar surface area (TPSA) is 36.9 Å². The molecule has 32 heavy (non-hydrogen) atoms. The van der Waals surface area contributed by atoms with Crippen LogP contribution in [0.1, 0.15) is 49.7 Å². The molecule has 3 aliphatic rings. The van der Waals surface area contributed by atoms with Gasteiger partial charge < -0.3 is 18.9 Å². The van der Waals surface area contributed by atoms with E-state index in [-0.39, 0.29) is 30.0 Å². The van der Waals surface area contributed by atoms with Crippen LogP contribution in [0.2, 0.25) is 0 Å². The fourth-order valence-electron chi connectivity index (χ4n) is 5.21. The van der Waals surface area contributed by atoms with Gasteiger partial charge in [0.2, 0.25) is 0 Å². The van der Waals surface area contributed by atoms with E-state index in [1.165, 1.54) is 30.4 Å². The summed E-state index contributed by atoms with van der Waals surface area (Å²) in [4.78, 5) is 0. The van der Waals surface area contributed by atoms with E-state index in [4.69, 9.17) is 18.9 Å². The lowest BCUT2D eigenvalue weighted by Gasteiger charge is -2.37. The smallest absolute Gasteiger partial charge is 0.168 e. The van der Waals surface area contributed by atoms with Gasteiger partial charge in [0.05, 0.1) is 38.1 Å². The van der Waals surface area contributed by atoms with Gasteiger partial charge >= 0.3 is 0 Å². The molecule has 1 heterocycles. The Hall–Kier alpha value is -1.98. The highest BCUT2D eigenvalue weighted by Gasteiger charge is 2.47. The monoisotopic (exact) mass is 434 g/mol. The summed E-state index contributed by atoms with van der Waals surface area (Å²) < 4.78 is 25.6. The molecule has 0 N–H and O–H groups in total. The Morgan fingerprint density at radius 3 is 2.12 bits per heavy atom. The third kappa shape index (κ3) is 5.32. The third-order valence-corrected chi connectivity index (χ3v) is 7.00. The molecule has 0 unspecified atom stereocenters. The van der Waals surface area contributed by atoms with Gasteiger partial charge in [-0.1, -0.05) is 79.2 Å². The van der Waals surface area contributed by atoms with Gasteiger partial charge in [0, 0.05) is 18.8 Å². The fourth-order valence-corrected chi connectivity index (χ4v) is 5.21. The van der Waals surface area contributed by atoms with E-state index in [1.54, 1.807) is 0 Å². The highest BCUT2D eigenvalue weighted by Crippen LogP contribution is 2.42. The Kier molecular flexibility index (Phi) is 7.03. The van der Waals surface area contributed by atoms with Crippen LogP contribution in [0.15, 0.2) is 72.8 Å². The largest absolute Gasteiger partial charge is 0.369 e. The number of ether oxygens (including phenoxy) is 4. The van der Waals surface area contributed by atoms with Crippen molar-refractivity contribution >= 4 is 0 Å². The zero-order valence-corrected chi connectivity index (χ0v) is 18.7. The highest BCUT2D eigenvalue weighted by atomic mass is 16.7. The Labute approximate surface area is 191 Å². The second-order valence-electron chi connectivity index (χ2n) is 9.32. The molecule has 4 nitrogen and oxygen atoms in total. The Bertz CT molecular complexity index is 860. The molecule has 1 saturated carbocycles. The maximum Gasteiger partial charge on any atom is 0.168 e. The van der Waals surface area contributed by atoms with Crippen LogP contribution in [0.3, 0.4) is 0 Å². The van der Waals surface area contributed by atoms with Crippen LogP contribution < -0.4 is 0 Å². The van der Waals surface area contributed by atoms with E-state index in [9.17, 15) is 0 Å². The van der Waals surface area contributed by atoms with Crippen molar-refractivity contribution in [1.82, 2.24) is 0 Å². The SMILES string of the molecule is C1=C[C@H](OCc2ccccc2)[C@H]([C@H]2COC3(CCCCC3)O2)C[C@@H]1OCc1ccccc1. The number of hydrogen-bond acceptors (Lipinski definition) is 4. The van der Waals surface area contributed by atoms with Crippen molar-refractivity contribution in [2.45, 2.75) is 75.8 Å². The number of benzene rings is 2. The molecule has 4 atom stereocenters. The average Bonchev–Trinajstić information content (AvgIpc) is 3.26. The van der Waals surface area contributed by atoms with Gasteiger partial charge in [-0.15, -0.1) is 0 Å². The van der Waals surface area contributed by atoms with Crippen molar-refractivity contribution in [2.24, 2.45) is 5.92 Å². The Balaban J connectivity index is 1.26. The van der Waals surface area contributed by atoms with E-state index < -0.39 is 0 Å². The lowest BCUT2D eigenvalue weighted by Crippen LogP contribution is -2.41. The van der Waals surface area contributed by atoms with Crippen LogP contribution in [-0.2, 0) is 32.2 Å². The molecule has 5 rings (SSSR count). The van der Waals surface area contributed by atoms with Crippen molar-refractivity contribution < 1.29 is 18.9 Å².